The second-order valence-electron chi connectivity index (χ2n) is 6.61. The van der Waals surface area contributed by atoms with Crippen molar-refractivity contribution in [2.75, 3.05) is 14.2 Å². The SMILES string of the molecule is CO[C@@H](C(=O)NC1CC2CCCC(C1)N2C)c1ccccc1. The van der Waals surface area contributed by atoms with Crippen LogP contribution in [-0.2, 0) is 9.53 Å². The van der Waals surface area contributed by atoms with Crippen molar-refractivity contribution in [2.45, 2.75) is 56.3 Å². The molecule has 0 aliphatic carbocycles. The first-order valence-corrected chi connectivity index (χ1v) is 8.29. The Kier molecular flexibility index (Phi) is 4.79. The molecule has 1 aromatic rings. The maximum atomic E-state index is 12.6. The van der Waals surface area contributed by atoms with Gasteiger partial charge in [0.2, 0.25) is 0 Å². The molecular formula is C18H26N2O2. The van der Waals surface area contributed by atoms with E-state index in [-0.39, 0.29) is 11.9 Å². The molecule has 2 heterocycles. The predicted molar refractivity (Wildman–Crippen MR) is 86.5 cm³/mol. The maximum absolute atomic E-state index is 12.6. The van der Waals surface area contributed by atoms with Gasteiger partial charge >= 0.3 is 0 Å². The number of ether oxygens (including phenoxy) is 1. The topological polar surface area (TPSA) is 41.6 Å². The Bertz CT molecular complexity index is 491. The zero-order chi connectivity index (χ0) is 15.5. The van der Waals surface area contributed by atoms with E-state index in [0.717, 1.165) is 18.4 Å². The predicted octanol–water partition coefficient (Wildman–Crippen LogP) is 2.51. The van der Waals surface area contributed by atoms with Gasteiger partial charge in [0.15, 0.2) is 6.10 Å². The smallest absolute Gasteiger partial charge is 0.253 e. The summed E-state index contributed by atoms with van der Waals surface area (Å²) in [5.74, 6) is -0.0127. The van der Waals surface area contributed by atoms with Gasteiger partial charge in [-0.2, -0.15) is 0 Å². The van der Waals surface area contributed by atoms with Crippen LogP contribution in [0.5, 0.6) is 0 Å². The van der Waals surface area contributed by atoms with E-state index in [1.807, 2.05) is 30.3 Å². The van der Waals surface area contributed by atoms with Gasteiger partial charge in [0.1, 0.15) is 0 Å². The first kappa shape index (κ1) is 15.5. The second-order valence-corrected chi connectivity index (χ2v) is 6.61. The third kappa shape index (κ3) is 3.18. The molecule has 3 rings (SSSR count). The molecule has 0 spiro atoms. The number of nitrogens with one attached hydrogen (secondary N) is 1. The Balaban J connectivity index is 1.64. The van der Waals surface area contributed by atoms with Crippen molar-refractivity contribution in [1.29, 1.82) is 0 Å². The van der Waals surface area contributed by atoms with Crippen LogP contribution in [0.3, 0.4) is 0 Å². The third-order valence-corrected chi connectivity index (χ3v) is 5.26. The first-order chi connectivity index (χ1) is 10.7. The number of fused-ring (bicyclic) bond motifs is 2. The minimum absolute atomic E-state index is 0.0127. The van der Waals surface area contributed by atoms with Crippen LogP contribution >= 0.6 is 0 Å². The summed E-state index contributed by atoms with van der Waals surface area (Å²) in [4.78, 5) is 15.1. The average molecular weight is 302 g/mol. The Morgan fingerprint density at radius 1 is 1.23 bits per heavy atom. The van der Waals surface area contributed by atoms with Crippen LogP contribution in [-0.4, -0.2) is 43.1 Å². The van der Waals surface area contributed by atoms with Crippen molar-refractivity contribution >= 4 is 5.91 Å². The van der Waals surface area contributed by atoms with Gasteiger partial charge in [0.25, 0.3) is 5.91 Å². The van der Waals surface area contributed by atoms with Gasteiger partial charge < -0.3 is 15.0 Å². The summed E-state index contributed by atoms with van der Waals surface area (Å²) in [6.07, 6.45) is 5.44. The number of nitrogens with zero attached hydrogens (tertiary/aromatic N) is 1. The second kappa shape index (κ2) is 6.80. The van der Waals surface area contributed by atoms with E-state index >= 15 is 0 Å². The van der Waals surface area contributed by atoms with Gasteiger partial charge in [-0.25, -0.2) is 0 Å². The number of rotatable bonds is 4. The molecule has 120 valence electrons. The van der Waals surface area contributed by atoms with Gasteiger partial charge in [-0.1, -0.05) is 36.8 Å². The zero-order valence-corrected chi connectivity index (χ0v) is 13.5. The lowest BCUT2D eigenvalue weighted by Gasteiger charge is -2.47. The molecule has 22 heavy (non-hydrogen) atoms. The van der Waals surface area contributed by atoms with Crippen molar-refractivity contribution in [2.24, 2.45) is 0 Å². The van der Waals surface area contributed by atoms with E-state index in [2.05, 4.69) is 17.3 Å². The number of carbonyl (C=O) groups excluding carboxylic acids is 1. The quantitative estimate of drug-likeness (QED) is 0.929. The molecule has 2 bridgehead atoms. The van der Waals surface area contributed by atoms with Gasteiger partial charge in [0.05, 0.1) is 0 Å². The summed E-state index contributed by atoms with van der Waals surface area (Å²) < 4.78 is 5.43. The fourth-order valence-electron chi connectivity index (χ4n) is 4.03. The highest BCUT2D eigenvalue weighted by atomic mass is 16.5. The minimum Gasteiger partial charge on any atom is -0.367 e. The average Bonchev–Trinajstić information content (AvgIpc) is 2.50. The largest absolute Gasteiger partial charge is 0.367 e. The minimum atomic E-state index is -0.513. The number of piperidine rings is 2. The summed E-state index contributed by atoms with van der Waals surface area (Å²) in [6, 6.07) is 11.2. The van der Waals surface area contributed by atoms with Crippen molar-refractivity contribution in [3.63, 3.8) is 0 Å². The molecule has 1 aromatic carbocycles. The number of benzene rings is 1. The number of carbonyl (C=O) groups is 1. The van der Waals surface area contributed by atoms with E-state index in [4.69, 9.17) is 4.74 Å². The molecule has 0 aromatic heterocycles. The van der Waals surface area contributed by atoms with Crippen LogP contribution in [0.2, 0.25) is 0 Å². The molecule has 2 saturated heterocycles. The molecule has 3 atom stereocenters. The molecule has 0 saturated carbocycles. The Hall–Kier alpha value is -1.39. The van der Waals surface area contributed by atoms with Crippen molar-refractivity contribution in [3.05, 3.63) is 35.9 Å². The van der Waals surface area contributed by atoms with E-state index in [0.29, 0.717) is 12.1 Å². The molecule has 4 nitrogen and oxygen atoms in total. The van der Waals surface area contributed by atoms with E-state index in [1.54, 1.807) is 7.11 Å². The van der Waals surface area contributed by atoms with E-state index in [9.17, 15) is 4.79 Å². The molecule has 1 amide bonds. The fourth-order valence-corrected chi connectivity index (χ4v) is 4.03. The fraction of sp³-hybridized carbons (Fsp3) is 0.611. The third-order valence-electron chi connectivity index (χ3n) is 5.26. The number of hydrogen-bond donors (Lipinski definition) is 1. The first-order valence-electron chi connectivity index (χ1n) is 8.29. The Morgan fingerprint density at radius 3 is 2.45 bits per heavy atom. The summed E-state index contributed by atoms with van der Waals surface area (Å²) in [5.41, 5.74) is 0.913. The molecule has 2 fully saturated rings. The molecule has 0 radical (unpaired) electrons. The molecular weight excluding hydrogens is 276 g/mol. The summed E-state index contributed by atoms with van der Waals surface area (Å²) in [5, 5.41) is 3.23. The normalized spacial score (nSPS) is 29.8. The monoisotopic (exact) mass is 302 g/mol. The van der Waals surface area contributed by atoms with Crippen molar-refractivity contribution in [3.8, 4) is 0 Å². The standard InChI is InChI=1S/C18H26N2O2/c1-20-15-9-6-10-16(20)12-14(11-15)19-18(21)17(22-2)13-7-4-3-5-8-13/h3-5,7-8,14-17H,6,9-12H2,1-2H3,(H,19,21)/t14?,15?,16?,17-/m1/s1. The lowest BCUT2D eigenvalue weighted by atomic mass is 9.82. The summed E-state index contributed by atoms with van der Waals surface area (Å²) >= 11 is 0. The van der Waals surface area contributed by atoms with Crippen LogP contribution < -0.4 is 5.32 Å². The van der Waals surface area contributed by atoms with Crippen molar-refractivity contribution in [1.82, 2.24) is 10.2 Å². The van der Waals surface area contributed by atoms with Crippen LogP contribution in [0.4, 0.5) is 0 Å². The van der Waals surface area contributed by atoms with Gasteiger partial charge in [0, 0.05) is 25.2 Å². The van der Waals surface area contributed by atoms with Crippen molar-refractivity contribution < 1.29 is 9.53 Å². The molecule has 2 unspecified atom stereocenters. The van der Waals surface area contributed by atoms with E-state index in [1.165, 1.54) is 19.3 Å². The summed E-state index contributed by atoms with van der Waals surface area (Å²) in [6.45, 7) is 0. The Labute approximate surface area is 132 Å². The lowest BCUT2D eigenvalue weighted by molar-refractivity contribution is -0.133. The number of amides is 1. The van der Waals surface area contributed by atoms with Gasteiger partial charge in [-0.3, -0.25) is 4.79 Å². The highest BCUT2D eigenvalue weighted by Crippen LogP contribution is 2.33. The van der Waals surface area contributed by atoms with Gasteiger partial charge in [-0.05, 0) is 38.3 Å². The molecule has 4 heteroatoms. The van der Waals surface area contributed by atoms with Crippen LogP contribution in [0, 0.1) is 0 Å². The van der Waals surface area contributed by atoms with Crippen LogP contribution in [0.1, 0.15) is 43.8 Å². The van der Waals surface area contributed by atoms with E-state index < -0.39 is 6.10 Å². The number of methoxy groups -OCH3 is 1. The van der Waals surface area contributed by atoms with Gasteiger partial charge in [-0.15, -0.1) is 0 Å². The maximum Gasteiger partial charge on any atom is 0.253 e. The number of hydrogen-bond acceptors (Lipinski definition) is 3. The molecule has 1 N–H and O–H groups in total. The molecule has 2 aliphatic heterocycles. The van der Waals surface area contributed by atoms with Crippen LogP contribution in [0.25, 0.3) is 0 Å². The zero-order valence-electron chi connectivity index (χ0n) is 13.5. The summed E-state index contributed by atoms with van der Waals surface area (Å²) in [7, 11) is 3.83. The molecule has 2 aliphatic rings. The highest BCUT2D eigenvalue weighted by Gasteiger charge is 2.37. The lowest BCUT2D eigenvalue weighted by Crippen LogP contribution is -2.55. The highest BCUT2D eigenvalue weighted by molar-refractivity contribution is 5.82. The van der Waals surface area contributed by atoms with Crippen LogP contribution in [0.15, 0.2) is 30.3 Å². The Morgan fingerprint density at radius 2 is 1.86 bits per heavy atom.